The molecule has 0 spiro atoms. The van der Waals surface area contributed by atoms with E-state index in [1.54, 1.807) is 6.92 Å². The minimum Gasteiger partial charge on any atom is -0.394 e. The molecule has 148 heavy (non-hydrogen) atoms. The number of hydrogen-bond donors (Lipinski definition) is 15. The number of aromatic nitrogens is 20. The third kappa shape index (κ3) is 25.6. The van der Waals surface area contributed by atoms with Crippen LogP contribution >= 0.6 is 43.6 Å². The van der Waals surface area contributed by atoms with E-state index in [-0.39, 0.29) is 126 Å². The molecule has 0 amide bonds. The van der Waals surface area contributed by atoms with Gasteiger partial charge in [0.05, 0.1) is 130 Å². The van der Waals surface area contributed by atoms with Crippen LogP contribution < -0.4 is 56.7 Å². The molecular formula is C73H103N25O41P6S3. The zero-order valence-electron chi connectivity index (χ0n) is 78.5. The second-order valence-corrected chi connectivity index (χ2v) is 45.9. The maximum Gasteiger partial charge on any atom is 0.472 e. The number of nitrogen functional groups attached to an aromatic ring is 5. The fourth-order valence-electron chi connectivity index (χ4n) is 16.8. The number of phosphoric acid groups is 3. The van der Waals surface area contributed by atoms with Crippen LogP contribution in [0, 0.1) is 13.8 Å². The fraction of sp³-hybridized carbons (Fsp3) is 0.616. The molecule has 20 N–H and O–H groups in total. The molecular weight excluding hydrogens is 2160 g/mol. The van der Waals surface area contributed by atoms with Crippen molar-refractivity contribution in [3.05, 3.63) is 114 Å². The Kier molecular flexibility index (Phi) is 35.9. The van der Waals surface area contributed by atoms with Gasteiger partial charge in [-0.2, -0.15) is 15.0 Å². The number of ether oxygens (including phenoxy) is 14. The molecule has 814 valence electrons. The second kappa shape index (κ2) is 47.3. The number of aromatic amines is 3. The Labute approximate surface area is 846 Å². The number of aliphatic hydroxyl groups excluding tert-OH is 1. The number of aryl methyl sites for hydroxylation is 2. The van der Waals surface area contributed by atoms with E-state index in [1.165, 1.54) is 67.9 Å². The van der Waals surface area contributed by atoms with Crippen LogP contribution in [0.3, 0.4) is 0 Å². The quantitative estimate of drug-likeness (QED) is 0.0139. The number of methoxy groups -OCH3 is 4. The van der Waals surface area contributed by atoms with Crippen molar-refractivity contribution in [1.82, 2.24) is 97.2 Å². The van der Waals surface area contributed by atoms with Gasteiger partial charge in [0.25, 0.3) is 16.7 Å². The largest absolute Gasteiger partial charge is 0.472 e. The van der Waals surface area contributed by atoms with Gasteiger partial charge >= 0.3 is 55.0 Å². The lowest BCUT2D eigenvalue weighted by Gasteiger charge is -2.29. The summed E-state index contributed by atoms with van der Waals surface area (Å²) in [7, 11) is -11.3. The topological polar surface area (TPSA) is 867 Å². The summed E-state index contributed by atoms with van der Waals surface area (Å²) >= 11 is 16.4. The molecule has 28 atom stereocenters. The van der Waals surface area contributed by atoms with Gasteiger partial charge in [0.2, 0.25) is 11.9 Å². The first kappa shape index (κ1) is 112. The highest BCUT2D eigenvalue weighted by atomic mass is 32.5. The van der Waals surface area contributed by atoms with Crippen LogP contribution in [0.1, 0.15) is 61.3 Å². The van der Waals surface area contributed by atoms with Crippen molar-refractivity contribution in [2.24, 2.45) is 0 Å². The predicted octanol–water partition coefficient (Wildman–Crippen LogP) is -2.46. The molecule has 0 saturated carbocycles. The molecule has 0 radical (unpaired) electrons. The van der Waals surface area contributed by atoms with E-state index < -0.39 is 266 Å². The van der Waals surface area contributed by atoms with E-state index in [0.29, 0.717) is 5.56 Å². The maximum absolute atomic E-state index is 15.4. The normalized spacial score (nSPS) is 28.9. The average Bonchev–Trinajstić information content (AvgIpc) is 1.61. The molecule has 10 aromatic rings. The summed E-state index contributed by atoms with van der Waals surface area (Å²) in [4.78, 5) is 192. The monoisotopic (exact) mass is 2270 g/mol. The van der Waals surface area contributed by atoms with Gasteiger partial charge < -0.3 is 152 Å². The number of phosphoric ester groups is 3. The molecule has 10 aromatic heterocycles. The Morgan fingerprint density at radius 2 is 0.736 bits per heavy atom. The number of nitrogens with two attached hydrogens (primary N) is 5. The summed E-state index contributed by atoms with van der Waals surface area (Å²) in [5, 5.41) is 10.9. The van der Waals surface area contributed by atoms with Crippen LogP contribution in [0.25, 0.3) is 44.7 Å². The van der Waals surface area contributed by atoms with Gasteiger partial charge in [-0.1, -0.05) is 0 Å². The van der Waals surface area contributed by atoms with E-state index in [0.717, 1.165) is 52.3 Å². The van der Waals surface area contributed by atoms with Crippen molar-refractivity contribution < 1.29 is 169 Å². The molecule has 66 nitrogen and oxygen atoms in total. The van der Waals surface area contributed by atoms with Gasteiger partial charge in [-0.15, -0.1) is 0 Å². The van der Waals surface area contributed by atoms with Crippen molar-refractivity contribution in [2.75, 3.05) is 157 Å². The molecule has 12 unspecified atom stereocenters. The van der Waals surface area contributed by atoms with E-state index in [2.05, 4.69) is 69.8 Å². The summed E-state index contributed by atoms with van der Waals surface area (Å²) < 4.78 is 208. The maximum atomic E-state index is 15.4. The number of nitrogens with zero attached hydrogens (tertiary/aromatic N) is 17. The van der Waals surface area contributed by atoms with Crippen LogP contribution in [0.5, 0.6) is 0 Å². The smallest absolute Gasteiger partial charge is 0.394 e. The van der Waals surface area contributed by atoms with Crippen LogP contribution in [-0.4, -0.2) is 357 Å². The minimum absolute atomic E-state index is 0.0248. The van der Waals surface area contributed by atoms with E-state index >= 15 is 13.7 Å². The van der Waals surface area contributed by atoms with Gasteiger partial charge in [-0.25, -0.2) is 63.2 Å². The average molecular weight is 2270 g/mol. The Hall–Kier alpha value is -8.32. The van der Waals surface area contributed by atoms with Crippen LogP contribution in [0.2, 0.25) is 0 Å². The highest BCUT2D eigenvalue weighted by molar-refractivity contribution is 8.07. The third-order valence-corrected chi connectivity index (χ3v) is 31.4. The lowest BCUT2D eigenvalue weighted by molar-refractivity contribution is -0.0841. The molecule has 16 rings (SSSR count). The SMILES string of the molecule is COCCO[C@H]1C(OP(=O)(O)OC[C@H]2O[C@@H](n3cnc4c(N)ncnc43)CC2OP(O)(=S)OC[C@H]2O[C@@H](n3cc(C)c(N)nc3=O)CC2OP(O)(=S)OC)[C@@H](COP(=O)(O)OC2[C@@H](COP(=O)(O)OC3[C@@H](COP(O)(=S)OC4[C@@H](CO)O[C@@H](n5cnc6c(=O)[nH]c(N)nc65)[C@H]4OCCOC)O[C@@H](n4cnc5c(=O)[nH]c(N)nc54)[C@H]3OCCOC)O[C@@H](n3cnc4c(N)ncnc43)[C@H]2OCCOC)O[C@H]1n1cc(C)c(=O)[nH]c1=O. The predicted molar refractivity (Wildman–Crippen MR) is 510 cm³/mol. The Balaban J connectivity index is 0.683. The zero-order chi connectivity index (χ0) is 106. The Bertz CT molecular complexity index is 7040. The molecule has 0 aromatic carbocycles. The van der Waals surface area contributed by atoms with Crippen molar-refractivity contribution in [1.29, 1.82) is 0 Å². The molecule has 75 heteroatoms. The number of fused-ring (bicyclic) bond motifs is 4. The van der Waals surface area contributed by atoms with Gasteiger partial charge in [0.15, 0.2) is 70.2 Å². The van der Waals surface area contributed by atoms with Gasteiger partial charge in [-0.05, 0) is 49.3 Å². The number of imidazole rings is 4. The van der Waals surface area contributed by atoms with E-state index in [1.807, 2.05) is 0 Å². The van der Waals surface area contributed by atoms with Crippen molar-refractivity contribution >= 4 is 153 Å². The molecule has 0 bridgehead atoms. The first-order chi connectivity index (χ1) is 70.4. The van der Waals surface area contributed by atoms with Crippen LogP contribution in [0.15, 0.2) is 74.3 Å². The summed E-state index contributed by atoms with van der Waals surface area (Å²) in [6.07, 6.45) is -27.6. The third-order valence-electron chi connectivity index (χ3n) is 23.6. The highest BCUT2D eigenvalue weighted by Crippen LogP contribution is 2.59. The number of anilines is 5. The standard InChI is InChI=1S/C73H103N25O41P6S3/c1-32-18-93(72(103)87-56(32)74)42-16-34(134-143(111,146)118-7)38(128-42)22-126-144(112,147)135-35-17-43(95-28-83-44-57(75)79-26-81-59(44)95)129-37(35)21-123-140(105,106)136-49-39(131-66(53(49)120-13-9-115-4)94-19-33(2)63(100)92-73(94)104)23-124-141(107,108)137-50-40(132-67(54(50)121-14-10-116-5)96-29-84-45-58(76)80-27-82-60(45)96)24-125-142(109,110)138-51-41(133-69(55(51)122-15-11-117-6)98-31-86-47-62(98)89-71(78)91-65(47)102)25-127-145(113,148)139-48-36(20-99)130-68(52(48)119-12-8-114-3)97-30-85-46-61(97)88-70(77)90-64(46)101/h18-19,26-31,34-43,48-55,66-69,99H,8-17,20-25H2,1-7H3,(H,105,106)(H,107,108)(H,109,110)(H,111,146)(H,112,147)(H,113,148)(H2,74,87,103)(H2,75,79,81)(H2,76,80,82)(H,92,100,104)(H3,77,88,90,101)(H3,78,89,91,102)/t34?,35?,36-,37-,38-,39-,40-,41-,42-,43-,48?,49?,50?,51?,52+,53+,54+,55+,66-,67-,68-,69-,143?,144?,145?/m1/s1. The van der Waals surface area contributed by atoms with Crippen molar-refractivity contribution in [2.45, 2.75) is 162 Å². The second-order valence-electron chi connectivity index (χ2n) is 33.2. The minimum atomic E-state index is -5.98. The Morgan fingerprint density at radius 3 is 1.17 bits per heavy atom. The number of rotatable bonds is 51. The highest BCUT2D eigenvalue weighted by Gasteiger charge is 2.59. The number of H-pyrrole nitrogens is 3. The molecule has 6 fully saturated rings. The van der Waals surface area contributed by atoms with Crippen LogP contribution in [0.4, 0.5) is 29.4 Å². The summed E-state index contributed by atoms with van der Waals surface area (Å²) in [6, 6.07) is 0. The zero-order valence-corrected chi connectivity index (χ0v) is 86.4. The molecule has 6 saturated heterocycles. The molecule has 16 heterocycles. The van der Waals surface area contributed by atoms with E-state index in [4.69, 9.17) is 185 Å². The first-order valence-corrected chi connectivity index (χ1v) is 56.5. The van der Waals surface area contributed by atoms with Crippen molar-refractivity contribution in [3.63, 3.8) is 0 Å². The summed E-state index contributed by atoms with van der Waals surface area (Å²) in [5.74, 6) is -0.993. The van der Waals surface area contributed by atoms with Gasteiger partial charge in [-0.3, -0.25) is 88.4 Å². The molecule has 0 aliphatic carbocycles. The number of hydrogen-bond acceptors (Lipinski definition) is 54. The fourth-order valence-corrected chi connectivity index (χ4v) is 23.6. The molecule has 6 aliphatic heterocycles. The van der Waals surface area contributed by atoms with Crippen LogP contribution in [-0.2, 0) is 170 Å². The van der Waals surface area contributed by atoms with Crippen molar-refractivity contribution in [3.8, 4) is 0 Å². The summed E-state index contributed by atoms with van der Waals surface area (Å²) in [6.45, 7) is -18.8. The van der Waals surface area contributed by atoms with Gasteiger partial charge in [0, 0.05) is 71.9 Å². The van der Waals surface area contributed by atoms with E-state index in [9.17, 15) is 58.4 Å². The lowest BCUT2D eigenvalue weighted by Crippen LogP contribution is -2.41. The van der Waals surface area contributed by atoms with Gasteiger partial charge in [0.1, 0.15) is 127 Å². The Morgan fingerprint density at radius 1 is 0.378 bits per heavy atom. The first-order valence-electron chi connectivity index (χ1n) is 44.2. The lowest BCUT2D eigenvalue weighted by atomic mass is 10.1. The summed E-state index contributed by atoms with van der Waals surface area (Å²) in [5.41, 5.74) is 25.5. The number of nitrogens with one attached hydrogen (secondary N) is 3. The number of aliphatic hydroxyl groups is 1. The molecule has 6 aliphatic rings.